The first kappa shape index (κ1) is 9.48. The minimum absolute atomic E-state index is 0.0301. The van der Waals surface area contributed by atoms with E-state index < -0.39 is 0 Å². The molecule has 0 fully saturated rings. The number of hydrogen-bond donors (Lipinski definition) is 2. The van der Waals surface area contributed by atoms with Crippen molar-refractivity contribution >= 4 is 0 Å². The van der Waals surface area contributed by atoms with Crippen molar-refractivity contribution in [2.75, 3.05) is 0 Å². The van der Waals surface area contributed by atoms with Crippen LogP contribution in [0.4, 0.5) is 0 Å². The van der Waals surface area contributed by atoms with Gasteiger partial charge in [-0.15, -0.1) is 6.42 Å². The summed E-state index contributed by atoms with van der Waals surface area (Å²) in [6, 6.07) is -0.0301. The second kappa shape index (κ2) is 3.60. The summed E-state index contributed by atoms with van der Waals surface area (Å²) in [5.74, 6) is 7.86. The molecular weight excluding hydrogens is 124 g/mol. The van der Waals surface area contributed by atoms with E-state index in [1.807, 2.05) is 0 Å². The van der Waals surface area contributed by atoms with Crippen LogP contribution < -0.4 is 11.3 Å². The monoisotopic (exact) mass is 140 g/mol. The summed E-state index contributed by atoms with van der Waals surface area (Å²) in [6.45, 7) is 6.29. The van der Waals surface area contributed by atoms with E-state index in [1.165, 1.54) is 0 Å². The molecule has 1 atom stereocenters. The van der Waals surface area contributed by atoms with Crippen LogP contribution in [-0.2, 0) is 0 Å². The molecule has 0 rings (SSSR count). The molecular formula is C8H16N2. The normalized spacial score (nSPS) is 14.3. The minimum atomic E-state index is -0.0301. The highest BCUT2D eigenvalue weighted by Gasteiger charge is 2.24. The van der Waals surface area contributed by atoms with Gasteiger partial charge in [-0.05, 0) is 11.8 Å². The first-order valence-corrected chi connectivity index (χ1v) is 3.50. The van der Waals surface area contributed by atoms with Crippen LogP contribution in [0.2, 0.25) is 0 Å². The van der Waals surface area contributed by atoms with Gasteiger partial charge in [0.05, 0.1) is 6.04 Å². The quantitative estimate of drug-likeness (QED) is 0.347. The summed E-state index contributed by atoms with van der Waals surface area (Å²) >= 11 is 0. The zero-order valence-electron chi connectivity index (χ0n) is 6.94. The molecule has 1 unspecified atom stereocenters. The van der Waals surface area contributed by atoms with Crippen LogP contribution in [-0.4, -0.2) is 6.04 Å². The second-order valence-corrected chi connectivity index (χ2v) is 3.11. The highest BCUT2D eigenvalue weighted by atomic mass is 15.2. The van der Waals surface area contributed by atoms with Crippen molar-refractivity contribution in [2.24, 2.45) is 11.3 Å². The van der Waals surface area contributed by atoms with E-state index in [9.17, 15) is 0 Å². The van der Waals surface area contributed by atoms with E-state index in [-0.39, 0.29) is 11.5 Å². The van der Waals surface area contributed by atoms with Crippen LogP contribution in [0.1, 0.15) is 27.2 Å². The molecule has 0 saturated carbocycles. The van der Waals surface area contributed by atoms with Gasteiger partial charge in [-0.3, -0.25) is 5.84 Å². The van der Waals surface area contributed by atoms with E-state index in [0.717, 1.165) is 6.42 Å². The fourth-order valence-corrected chi connectivity index (χ4v) is 0.703. The lowest BCUT2D eigenvalue weighted by Gasteiger charge is -2.28. The Labute approximate surface area is 63.2 Å². The third kappa shape index (κ3) is 2.02. The Morgan fingerprint density at radius 1 is 1.70 bits per heavy atom. The molecule has 0 aliphatic rings. The molecule has 2 heteroatoms. The molecule has 3 N–H and O–H groups in total. The molecule has 0 aromatic heterocycles. The predicted molar refractivity (Wildman–Crippen MR) is 44.0 cm³/mol. The third-order valence-electron chi connectivity index (χ3n) is 2.03. The Balaban J connectivity index is 4.15. The van der Waals surface area contributed by atoms with Crippen LogP contribution in [0.5, 0.6) is 0 Å². The highest BCUT2D eigenvalue weighted by molar-refractivity contribution is 5.04. The number of nitrogens with one attached hydrogen (secondary N) is 1. The largest absolute Gasteiger partial charge is 0.270 e. The van der Waals surface area contributed by atoms with E-state index in [0.29, 0.717) is 0 Å². The number of rotatable bonds is 3. The SMILES string of the molecule is C#CC(NN)C(C)(C)CC. The predicted octanol–water partition coefficient (Wildman–Crippen LogP) is 0.888. The Morgan fingerprint density at radius 3 is 2.30 bits per heavy atom. The lowest BCUT2D eigenvalue weighted by Crippen LogP contribution is -2.44. The molecule has 10 heavy (non-hydrogen) atoms. The molecule has 0 radical (unpaired) electrons. The van der Waals surface area contributed by atoms with Gasteiger partial charge in [0.2, 0.25) is 0 Å². The molecule has 0 spiro atoms. The molecule has 0 bridgehead atoms. The van der Waals surface area contributed by atoms with Gasteiger partial charge >= 0.3 is 0 Å². The Bertz CT molecular complexity index is 133. The molecule has 0 saturated heterocycles. The Kier molecular flexibility index (Phi) is 3.41. The van der Waals surface area contributed by atoms with Crippen molar-refractivity contribution in [1.29, 1.82) is 0 Å². The van der Waals surface area contributed by atoms with Gasteiger partial charge in [0.25, 0.3) is 0 Å². The van der Waals surface area contributed by atoms with E-state index in [4.69, 9.17) is 12.3 Å². The summed E-state index contributed by atoms with van der Waals surface area (Å²) in [5.41, 5.74) is 2.69. The zero-order valence-corrected chi connectivity index (χ0v) is 6.94. The number of hydrazine groups is 1. The van der Waals surface area contributed by atoms with Gasteiger partial charge in [-0.2, -0.15) is 0 Å². The maximum atomic E-state index is 5.25. The Hall–Kier alpha value is -0.520. The summed E-state index contributed by atoms with van der Waals surface area (Å²) in [5, 5.41) is 0. The molecule has 2 nitrogen and oxygen atoms in total. The lowest BCUT2D eigenvalue weighted by molar-refractivity contribution is 0.281. The second-order valence-electron chi connectivity index (χ2n) is 3.11. The standard InChI is InChI=1S/C8H16N2/c1-5-7(10-9)8(3,4)6-2/h1,7,10H,6,9H2,2-4H3. The summed E-state index contributed by atoms with van der Waals surface area (Å²) in [6.07, 6.45) is 6.27. The van der Waals surface area contributed by atoms with Crippen LogP contribution in [0, 0.1) is 17.8 Å². The first-order chi connectivity index (χ1) is 4.58. The maximum Gasteiger partial charge on any atom is 0.0865 e. The maximum absolute atomic E-state index is 5.25. The lowest BCUT2D eigenvalue weighted by atomic mass is 9.83. The van der Waals surface area contributed by atoms with Crippen LogP contribution in [0.25, 0.3) is 0 Å². The third-order valence-corrected chi connectivity index (χ3v) is 2.03. The summed E-state index contributed by atoms with van der Waals surface area (Å²) in [4.78, 5) is 0. The number of nitrogens with two attached hydrogens (primary N) is 1. The summed E-state index contributed by atoms with van der Waals surface area (Å²) < 4.78 is 0. The zero-order chi connectivity index (χ0) is 8.20. The van der Waals surface area contributed by atoms with Gasteiger partial charge in [-0.25, -0.2) is 5.43 Å². The molecule has 0 aromatic rings. The van der Waals surface area contributed by atoms with Crippen molar-refractivity contribution in [2.45, 2.75) is 33.2 Å². The van der Waals surface area contributed by atoms with Crippen LogP contribution in [0.3, 0.4) is 0 Å². The molecule has 58 valence electrons. The van der Waals surface area contributed by atoms with Gasteiger partial charge in [-0.1, -0.05) is 26.7 Å². The smallest absolute Gasteiger partial charge is 0.0865 e. The van der Waals surface area contributed by atoms with Crippen LogP contribution >= 0.6 is 0 Å². The fourth-order valence-electron chi connectivity index (χ4n) is 0.703. The number of hydrogen-bond acceptors (Lipinski definition) is 2. The topological polar surface area (TPSA) is 38.0 Å². The van der Waals surface area contributed by atoms with Gasteiger partial charge < -0.3 is 0 Å². The van der Waals surface area contributed by atoms with Crippen molar-refractivity contribution in [3.63, 3.8) is 0 Å². The Morgan fingerprint density at radius 2 is 2.20 bits per heavy atom. The first-order valence-electron chi connectivity index (χ1n) is 3.50. The molecule has 0 heterocycles. The van der Waals surface area contributed by atoms with Gasteiger partial charge in [0.1, 0.15) is 0 Å². The van der Waals surface area contributed by atoms with Crippen LogP contribution in [0.15, 0.2) is 0 Å². The number of terminal acetylenes is 1. The van der Waals surface area contributed by atoms with Crippen molar-refractivity contribution in [3.05, 3.63) is 0 Å². The molecule has 0 aliphatic heterocycles. The minimum Gasteiger partial charge on any atom is -0.270 e. The average molecular weight is 140 g/mol. The van der Waals surface area contributed by atoms with E-state index in [1.54, 1.807) is 0 Å². The van der Waals surface area contributed by atoms with E-state index in [2.05, 4.69) is 32.1 Å². The molecule has 0 amide bonds. The van der Waals surface area contributed by atoms with Crippen molar-refractivity contribution in [1.82, 2.24) is 5.43 Å². The van der Waals surface area contributed by atoms with Crippen molar-refractivity contribution in [3.8, 4) is 12.3 Å². The summed E-state index contributed by atoms with van der Waals surface area (Å²) in [7, 11) is 0. The molecule has 0 aromatic carbocycles. The van der Waals surface area contributed by atoms with Crippen molar-refractivity contribution < 1.29 is 0 Å². The van der Waals surface area contributed by atoms with Gasteiger partial charge in [0, 0.05) is 0 Å². The highest BCUT2D eigenvalue weighted by Crippen LogP contribution is 2.23. The molecule has 0 aliphatic carbocycles. The van der Waals surface area contributed by atoms with Gasteiger partial charge in [0.15, 0.2) is 0 Å². The fraction of sp³-hybridized carbons (Fsp3) is 0.750. The average Bonchev–Trinajstić information content (AvgIpc) is 1.90. The van der Waals surface area contributed by atoms with E-state index >= 15 is 0 Å².